The Balaban J connectivity index is 1.48. The highest BCUT2D eigenvalue weighted by atomic mass is 35.5. The zero-order valence-corrected chi connectivity index (χ0v) is 23.7. The van der Waals surface area contributed by atoms with Crippen molar-refractivity contribution in [3.8, 4) is 5.88 Å². The van der Waals surface area contributed by atoms with Gasteiger partial charge in [-0.1, -0.05) is 35.9 Å². The topological polar surface area (TPSA) is 112 Å². The fraction of sp³-hybridized carbons (Fsp3) is 0.258. The van der Waals surface area contributed by atoms with Gasteiger partial charge in [0.1, 0.15) is 0 Å². The number of carbonyl (C=O) groups is 2. The van der Waals surface area contributed by atoms with Crippen LogP contribution in [0, 0.1) is 0 Å². The molecule has 1 aromatic heterocycles. The van der Waals surface area contributed by atoms with Crippen LogP contribution in [-0.2, 0) is 16.0 Å². The van der Waals surface area contributed by atoms with E-state index in [1.54, 1.807) is 42.3 Å². The van der Waals surface area contributed by atoms with Crippen LogP contribution in [0.4, 0.5) is 11.4 Å². The van der Waals surface area contributed by atoms with Crippen molar-refractivity contribution in [3.63, 3.8) is 0 Å². The van der Waals surface area contributed by atoms with E-state index < -0.39 is 5.97 Å². The van der Waals surface area contributed by atoms with Crippen molar-refractivity contribution in [2.75, 3.05) is 51.7 Å². The Kier molecular flexibility index (Phi) is 8.39. The Labute approximate surface area is 243 Å². The summed E-state index contributed by atoms with van der Waals surface area (Å²) in [6.07, 6.45) is -0.139. The number of fused-ring (bicyclic) bond motifs is 1. The molecule has 212 valence electrons. The normalized spacial score (nSPS) is 14.9. The summed E-state index contributed by atoms with van der Waals surface area (Å²) in [5.74, 6) is -0.994. The molecule has 0 atom stereocenters. The SMILES string of the molecule is CN1CCN(CC(=O)N(C)c2ccc(N=C(c3cccc(CC(=O)O)c3)c3c(O)[nH]c4cc(Cl)ccc34)cc2)CC1. The summed E-state index contributed by atoms with van der Waals surface area (Å²) >= 11 is 6.18. The monoisotopic (exact) mass is 573 g/mol. The van der Waals surface area contributed by atoms with Crippen LogP contribution >= 0.6 is 11.6 Å². The first-order chi connectivity index (χ1) is 19.7. The molecule has 1 aliphatic heterocycles. The number of aromatic nitrogens is 1. The number of likely N-dealkylation sites (N-methyl/N-ethyl adjacent to an activating group) is 2. The van der Waals surface area contributed by atoms with Gasteiger partial charge in [0.2, 0.25) is 5.91 Å². The van der Waals surface area contributed by atoms with E-state index in [1.807, 2.05) is 36.4 Å². The number of aromatic hydroxyl groups is 1. The Morgan fingerprint density at radius 3 is 2.46 bits per heavy atom. The number of hydrogen-bond acceptors (Lipinski definition) is 6. The zero-order valence-electron chi connectivity index (χ0n) is 23.0. The van der Waals surface area contributed by atoms with E-state index in [9.17, 15) is 19.8 Å². The lowest BCUT2D eigenvalue weighted by molar-refractivity contribution is -0.136. The van der Waals surface area contributed by atoms with Crippen molar-refractivity contribution in [3.05, 3.63) is 88.4 Å². The van der Waals surface area contributed by atoms with Gasteiger partial charge in [-0.05, 0) is 55.1 Å². The van der Waals surface area contributed by atoms with Crippen molar-refractivity contribution in [1.29, 1.82) is 0 Å². The summed E-state index contributed by atoms with van der Waals surface area (Å²) in [5.41, 5.74) is 4.21. The number of aliphatic carboxylic acids is 1. The fourth-order valence-electron chi connectivity index (χ4n) is 4.99. The fourth-order valence-corrected chi connectivity index (χ4v) is 5.16. The Morgan fingerprint density at radius 1 is 1.02 bits per heavy atom. The molecule has 0 saturated carbocycles. The van der Waals surface area contributed by atoms with Crippen LogP contribution in [0.15, 0.2) is 71.7 Å². The van der Waals surface area contributed by atoms with Crippen molar-refractivity contribution in [2.45, 2.75) is 6.42 Å². The minimum Gasteiger partial charge on any atom is -0.494 e. The van der Waals surface area contributed by atoms with E-state index in [0.717, 1.165) is 37.3 Å². The number of nitrogens with zero attached hydrogens (tertiary/aromatic N) is 4. The third kappa shape index (κ3) is 6.59. The van der Waals surface area contributed by atoms with Gasteiger partial charge in [-0.2, -0.15) is 0 Å². The van der Waals surface area contributed by atoms with Crippen molar-refractivity contribution in [2.24, 2.45) is 4.99 Å². The number of hydrogen-bond donors (Lipinski definition) is 3. The molecule has 0 unspecified atom stereocenters. The number of amides is 1. The average molecular weight is 574 g/mol. The highest BCUT2D eigenvalue weighted by Gasteiger charge is 2.21. The smallest absolute Gasteiger partial charge is 0.307 e. The van der Waals surface area contributed by atoms with Gasteiger partial charge < -0.3 is 25.0 Å². The molecule has 1 fully saturated rings. The van der Waals surface area contributed by atoms with Crippen LogP contribution in [0.5, 0.6) is 5.88 Å². The maximum atomic E-state index is 13.0. The third-order valence-corrected chi connectivity index (χ3v) is 7.58. The molecule has 2 heterocycles. The summed E-state index contributed by atoms with van der Waals surface area (Å²) in [6.45, 7) is 4.00. The summed E-state index contributed by atoms with van der Waals surface area (Å²) in [4.78, 5) is 38.3. The molecular formula is C31H32ClN5O4. The number of rotatable bonds is 8. The van der Waals surface area contributed by atoms with Crippen LogP contribution in [0.25, 0.3) is 10.9 Å². The van der Waals surface area contributed by atoms with E-state index in [1.165, 1.54) is 0 Å². The lowest BCUT2D eigenvalue weighted by Crippen LogP contribution is -2.48. The van der Waals surface area contributed by atoms with E-state index >= 15 is 0 Å². The quantitative estimate of drug-likeness (QED) is 0.267. The number of carboxylic acid groups (broad SMARTS) is 1. The maximum Gasteiger partial charge on any atom is 0.307 e. The molecule has 3 N–H and O–H groups in total. The number of piperazine rings is 1. The van der Waals surface area contributed by atoms with Gasteiger partial charge >= 0.3 is 5.97 Å². The van der Waals surface area contributed by atoms with Gasteiger partial charge in [-0.15, -0.1) is 0 Å². The third-order valence-electron chi connectivity index (χ3n) is 7.34. The second kappa shape index (κ2) is 12.1. The van der Waals surface area contributed by atoms with E-state index in [-0.39, 0.29) is 18.2 Å². The van der Waals surface area contributed by atoms with Crippen LogP contribution in [0.1, 0.15) is 16.7 Å². The number of anilines is 1. The van der Waals surface area contributed by atoms with E-state index in [2.05, 4.69) is 21.8 Å². The molecule has 5 rings (SSSR count). The minimum absolute atomic E-state index is 0.0177. The minimum atomic E-state index is -0.938. The number of H-pyrrole nitrogens is 1. The molecule has 0 radical (unpaired) electrons. The molecule has 10 heteroatoms. The van der Waals surface area contributed by atoms with E-state index in [4.69, 9.17) is 16.6 Å². The van der Waals surface area contributed by atoms with Crippen molar-refractivity contribution >= 4 is 51.5 Å². The first kappa shape index (κ1) is 28.4. The first-order valence-electron chi connectivity index (χ1n) is 13.4. The second-order valence-corrected chi connectivity index (χ2v) is 10.8. The van der Waals surface area contributed by atoms with Crippen molar-refractivity contribution < 1.29 is 19.8 Å². The number of aliphatic imine (C=N–C) groups is 1. The summed E-state index contributed by atoms with van der Waals surface area (Å²) in [5, 5.41) is 21.5. The molecule has 41 heavy (non-hydrogen) atoms. The van der Waals surface area contributed by atoms with Crippen LogP contribution < -0.4 is 4.90 Å². The van der Waals surface area contributed by atoms with Crippen LogP contribution in [0.3, 0.4) is 0 Å². The summed E-state index contributed by atoms with van der Waals surface area (Å²) in [6, 6.07) is 19.7. The van der Waals surface area contributed by atoms with Crippen LogP contribution in [0.2, 0.25) is 5.02 Å². The largest absolute Gasteiger partial charge is 0.494 e. The number of aromatic amines is 1. The maximum absolute atomic E-state index is 13.0. The van der Waals surface area contributed by atoms with Gasteiger partial charge in [0.05, 0.1) is 35.4 Å². The number of carbonyl (C=O) groups excluding carboxylic acids is 1. The molecule has 1 amide bonds. The highest BCUT2D eigenvalue weighted by Crippen LogP contribution is 2.33. The molecule has 9 nitrogen and oxygen atoms in total. The number of carboxylic acids is 1. The zero-order chi connectivity index (χ0) is 29.1. The molecule has 0 bridgehead atoms. The average Bonchev–Trinajstić information content (AvgIpc) is 3.27. The predicted molar refractivity (Wildman–Crippen MR) is 162 cm³/mol. The molecule has 1 saturated heterocycles. The number of benzene rings is 3. The molecular weight excluding hydrogens is 542 g/mol. The summed E-state index contributed by atoms with van der Waals surface area (Å²) < 4.78 is 0. The lowest BCUT2D eigenvalue weighted by Gasteiger charge is -2.32. The molecule has 3 aromatic carbocycles. The lowest BCUT2D eigenvalue weighted by atomic mass is 9.98. The standard InChI is InChI=1S/C31H32ClN5O4/c1-35-12-14-37(15-13-35)19-27(38)36(2)24-9-7-23(8-10-24)33-30(21-5-3-4-20(16-21)17-28(39)40)29-25-11-6-22(32)18-26(25)34-31(29)41/h3-11,16,18,34,41H,12-15,17,19H2,1-2H3,(H,39,40). The highest BCUT2D eigenvalue weighted by molar-refractivity contribution is 6.31. The van der Waals surface area contributed by atoms with Gasteiger partial charge in [0.15, 0.2) is 5.88 Å². The van der Waals surface area contributed by atoms with E-state index in [0.29, 0.717) is 45.2 Å². The summed E-state index contributed by atoms with van der Waals surface area (Å²) in [7, 11) is 3.86. The molecule has 1 aliphatic rings. The van der Waals surface area contributed by atoms with Gasteiger partial charge in [-0.25, -0.2) is 4.99 Å². The van der Waals surface area contributed by atoms with Gasteiger partial charge in [-0.3, -0.25) is 14.5 Å². The Hall–Kier alpha value is -4.18. The molecule has 0 spiro atoms. The Bertz CT molecular complexity index is 1610. The Morgan fingerprint density at radius 2 is 1.76 bits per heavy atom. The molecule has 0 aliphatic carbocycles. The van der Waals surface area contributed by atoms with Gasteiger partial charge in [0.25, 0.3) is 0 Å². The van der Waals surface area contributed by atoms with Gasteiger partial charge in [0, 0.05) is 54.9 Å². The number of nitrogens with one attached hydrogen (secondary N) is 1. The second-order valence-electron chi connectivity index (χ2n) is 10.3. The van der Waals surface area contributed by atoms with Crippen LogP contribution in [-0.4, -0.2) is 89.4 Å². The number of halogens is 1. The van der Waals surface area contributed by atoms with Crippen molar-refractivity contribution in [1.82, 2.24) is 14.8 Å². The first-order valence-corrected chi connectivity index (χ1v) is 13.7. The molecule has 4 aromatic rings. The predicted octanol–water partition coefficient (Wildman–Crippen LogP) is 4.53.